The normalized spacial score (nSPS) is 10.5. The van der Waals surface area contributed by atoms with Crippen LogP contribution in [-0.2, 0) is 17.8 Å². The summed E-state index contributed by atoms with van der Waals surface area (Å²) in [5.74, 6) is 0.202. The van der Waals surface area contributed by atoms with Gasteiger partial charge in [0.25, 0.3) is 0 Å². The van der Waals surface area contributed by atoms with Crippen LogP contribution >= 0.6 is 11.3 Å². The summed E-state index contributed by atoms with van der Waals surface area (Å²) in [4.78, 5) is 25.6. The molecular formula is C19H17NO3S. The lowest BCUT2D eigenvalue weighted by atomic mass is 10.1. The molecule has 1 N–H and O–H groups in total. The first-order valence-corrected chi connectivity index (χ1v) is 8.51. The smallest absolute Gasteiger partial charge is 0.238 e. The Labute approximate surface area is 144 Å². The molecule has 122 valence electrons. The van der Waals surface area contributed by atoms with Crippen molar-refractivity contribution >= 4 is 23.0 Å². The number of rotatable bonds is 7. The minimum Gasteiger partial charge on any atom is -0.461 e. The Morgan fingerprint density at radius 2 is 1.83 bits per heavy atom. The molecule has 3 rings (SSSR count). The summed E-state index contributed by atoms with van der Waals surface area (Å²) in [6, 6.07) is 16.9. The lowest BCUT2D eigenvalue weighted by Crippen LogP contribution is -2.22. The van der Waals surface area contributed by atoms with Crippen LogP contribution in [0.3, 0.4) is 0 Å². The van der Waals surface area contributed by atoms with Gasteiger partial charge in [-0.25, -0.2) is 0 Å². The average molecular weight is 339 g/mol. The monoisotopic (exact) mass is 339 g/mol. The molecule has 0 unspecified atom stereocenters. The lowest BCUT2D eigenvalue weighted by Gasteiger charge is -2.04. The molecule has 0 radical (unpaired) electrons. The Morgan fingerprint density at radius 1 is 1.00 bits per heavy atom. The van der Waals surface area contributed by atoms with Gasteiger partial charge in [-0.1, -0.05) is 30.3 Å². The van der Waals surface area contributed by atoms with Crippen LogP contribution in [0.5, 0.6) is 0 Å². The maximum absolute atomic E-state index is 12.1. The first-order valence-electron chi connectivity index (χ1n) is 7.70. The number of hydrogen-bond donors (Lipinski definition) is 1. The van der Waals surface area contributed by atoms with Crippen LogP contribution in [0.15, 0.2) is 65.3 Å². The molecule has 0 spiro atoms. The average Bonchev–Trinajstić information content (AvgIpc) is 3.30. The van der Waals surface area contributed by atoms with Gasteiger partial charge in [0, 0.05) is 11.3 Å². The van der Waals surface area contributed by atoms with E-state index in [1.165, 1.54) is 17.6 Å². The largest absolute Gasteiger partial charge is 0.461 e. The van der Waals surface area contributed by atoms with Crippen molar-refractivity contribution in [2.45, 2.75) is 19.4 Å². The number of furan rings is 1. The molecule has 0 saturated carbocycles. The third-order valence-corrected chi connectivity index (χ3v) is 4.66. The molecule has 2 aromatic heterocycles. The van der Waals surface area contributed by atoms with Gasteiger partial charge in [-0.3, -0.25) is 9.59 Å². The highest BCUT2D eigenvalue weighted by atomic mass is 32.1. The highest BCUT2D eigenvalue weighted by Crippen LogP contribution is 2.20. The van der Waals surface area contributed by atoms with E-state index in [1.807, 2.05) is 36.4 Å². The third kappa shape index (κ3) is 4.20. The SMILES string of the molecule is O=C(CCc1ccccc1)NCc1ccc(C(=O)c2ccco2)s1. The van der Waals surface area contributed by atoms with Crippen LogP contribution in [-0.4, -0.2) is 11.7 Å². The molecule has 5 heteroatoms. The standard InChI is InChI=1S/C19H17NO3S/c21-18(11-8-14-5-2-1-3-6-14)20-13-15-9-10-17(24-15)19(22)16-7-4-12-23-16/h1-7,9-10,12H,8,11,13H2,(H,20,21). The molecule has 0 fully saturated rings. The van der Waals surface area contributed by atoms with Crippen LogP contribution in [0.25, 0.3) is 0 Å². The molecule has 2 heterocycles. The number of ketones is 1. The molecule has 4 nitrogen and oxygen atoms in total. The van der Waals surface area contributed by atoms with Crippen molar-refractivity contribution in [3.63, 3.8) is 0 Å². The fourth-order valence-electron chi connectivity index (χ4n) is 2.30. The molecule has 0 atom stereocenters. The van der Waals surface area contributed by atoms with Crippen molar-refractivity contribution in [3.05, 3.63) is 81.9 Å². The Balaban J connectivity index is 1.48. The maximum Gasteiger partial charge on any atom is 0.238 e. The van der Waals surface area contributed by atoms with E-state index in [4.69, 9.17) is 4.42 Å². The molecule has 3 aromatic rings. The quantitative estimate of drug-likeness (QED) is 0.666. The zero-order valence-electron chi connectivity index (χ0n) is 13.0. The minimum atomic E-state index is -0.133. The van der Waals surface area contributed by atoms with Crippen LogP contribution < -0.4 is 5.32 Å². The molecule has 0 aliphatic rings. The van der Waals surface area contributed by atoms with Crippen molar-refractivity contribution in [2.24, 2.45) is 0 Å². The Hall–Kier alpha value is -2.66. The highest BCUT2D eigenvalue weighted by molar-refractivity contribution is 7.14. The van der Waals surface area contributed by atoms with E-state index < -0.39 is 0 Å². The number of hydrogen-bond acceptors (Lipinski definition) is 4. The predicted octanol–water partition coefficient (Wildman–Crippen LogP) is 3.82. The van der Waals surface area contributed by atoms with E-state index in [2.05, 4.69) is 5.32 Å². The molecule has 0 aliphatic heterocycles. The first kappa shape index (κ1) is 16.2. The molecule has 24 heavy (non-hydrogen) atoms. The van der Waals surface area contributed by atoms with Crippen molar-refractivity contribution in [2.75, 3.05) is 0 Å². The van der Waals surface area contributed by atoms with Gasteiger partial charge in [0.2, 0.25) is 11.7 Å². The van der Waals surface area contributed by atoms with E-state index in [9.17, 15) is 9.59 Å². The van der Waals surface area contributed by atoms with Gasteiger partial charge in [0.15, 0.2) is 5.76 Å². The molecule has 0 aliphatic carbocycles. The van der Waals surface area contributed by atoms with Gasteiger partial charge in [-0.05, 0) is 36.2 Å². The second kappa shape index (κ2) is 7.75. The molecule has 0 saturated heterocycles. The topological polar surface area (TPSA) is 59.3 Å². The second-order valence-electron chi connectivity index (χ2n) is 5.33. The third-order valence-electron chi connectivity index (χ3n) is 3.57. The molecule has 1 aromatic carbocycles. The number of carbonyl (C=O) groups is 2. The van der Waals surface area contributed by atoms with Crippen LogP contribution in [0.2, 0.25) is 0 Å². The molecule has 0 bridgehead atoms. The summed E-state index contributed by atoms with van der Waals surface area (Å²) < 4.78 is 5.12. The number of nitrogens with one attached hydrogen (secondary N) is 1. The summed E-state index contributed by atoms with van der Waals surface area (Å²) in [5, 5.41) is 2.89. The Bertz CT molecular complexity index is 806. The number of amides is 1. The number of carbonyl (C=O) groups excluding carboxylic acids is 2. The lowest BCUT2D eigenvalue weighted by molar-refractivity contribution is -0.121. The fourth-order valence-corrected chi connectivity index (χ4v) is 3.19. The Morgan fingerprint density at radius 3 is 2.58 bits per heavy atom. The summed E-state index contributed by atoms with van der Waals surface area (Å²) in [5.41, 5.74) is 1.15. The first-order chi connectivity index (χ1) is 11.7. The maximum atomic E-state index is 12.1. The Kier molecular flexibility index (Phi) is 5.23. The summed E-state index contributed by atoms with van der Waals surface area (Å²) in [7, 11) is 0. The van der Waals surface area contributed by atoms with Crippen molar-refractivity contribution in [3.8, 4) is 0 Å². The van der Waals surface area contributed by atoms with Gasteiger partial charge in [0.05, 0.1) is 17.7 Å². The summed E-state index contributed by atoms with van der Waals surface area (Å²) >= 11 is 1.37. The van der Waals surface area contributed by atoms with Crippen molar-refractivity contribution in [1.82, 2.24) is 5.32 Å². The van der Waals surface area contributed by atoms with Crippen molar-refractivity contribution < 1.29 is 14.0 Å². The van der Waals surface area contributed by atoms with Crippen LogP contribution in [0.4, 0.5) is 0 Å². The predicted molar refractivity (Wildman–Crippen MR) is 93.1 cm³/mol. The summed E-state index contributed by atoms with van der Waals surface area (Å²) in [6.07, 6.45) is 2.65. The van der Waals surface area contributed by atoms with E-state index >= 15 is 0 Å². The molecule has 1 amide bonds. The van der Waals surface area contributed by atoms with Crippen LogP contribution in [0, 0.1) is 0 Å². The van der Waals surface area contributed by atoms with E-state index in [-0.39, 0.29) is 11.7 Å². The fraction of sp³-hybridized carbons (Fsp3) is 0.158. The minimum absolute atomic E-state index is 0.00571. The van der Waals surface area contributed by atoms with E-state index in [0.29, 0.717) is 23.6 Å². The van der Waals surface area contributed by atoms with Gasteiger partial charge < -0.3 is 9.73 Å². The number of benzene rings is 1. The van der Waals surface area contributed by atoms with Gasteiger partial charge >= 0.3 is 0 Å². The van der Waals surface area contributed by atoms with Crippen molar-refractivity contribution in [1.29, 1.82) is 0 Å². The van der Waals surface area contributed by atoms with Gasteiger partial charge in [0.1, 0.15) is 0 Å². The van der Waals surface area contributed by atoms with Gasteiger partial charge in [-0.15, -0.1) is 11.3 Å². The van der Waals surface area contributed by atoms with E-state index in [1.54, 1.807) is 18.2 Å². The summed E-state index contributed by atoms with van der Waals surface area (Å²) in [6.45, 7) is 0.434. The number of aryl methyl sites for hydroxylation is 1. The van der Waals surface area contributed by atoms with Crippen LogP contribution in [0.1, 0.15) is 32.3 Å². The molecular weight excluding hydrogens is 322 g/mol. The van der Waals surface area contributed by atoms with E-state index in [0.717, 1.165) is 16.9 Å². The number of thiophene rings is 1. The second-order valence-corrected chi connectivity index (χ2v) is 6.50. The van der Waals surface area contributed by atoms with Gasteiger partial charge in [-0.2, -0.15) is 0 Å². The highest BCUT2D eigenvalue weighted by Gasteiger charge is 2.14. The zero-order chi connectivity index (χ0) is 16.8. The zero-order valence-corrected chi connectivity index (χ0v) is 13.8.